The van der Waals surface area contributed by atoms with Crippen molar-refractivity contribution in [1.82, 2.24) is 4.90 Å². The number of hydrogen-bond donors (Lipinski definition) is 2. The molecular weight excluding hydrogens is 306 g/mol. The van der Waals surface area contributed by atoms with Gasteiger partial charge in [0.15, 0.2) is 6.54 Å². The third-order valence-corrected chi connectivity index (χ3v) is 4.00. The first-order valence-corrected chi connectivity index (χ1v) is 7.60. The van der Waals surface area contributed by atoms with Crippen LogP contribution in [0.1, 0.15) is 6.92 Å². The number of benzene rings is 1. The maximum atomic E-state index is 12.2. The van der Waals surface area contributed by atoms with E-state index in [1.807, 2.05) is 0 Å². The quantitative estimate of drug-likeness (QED) is 0.821. The zero-order valence-electron chi connectivity index (χ0n) is 12.8. The molecule has 2 N–H and O–H groups in total. The molecule has 0 spiro atoms. The van der Waals surface area contributed by atoms with Crippen molar-refractivity contribution in [2.24, 2.45) is 0 Å². The minimum atomic E-state index is -0.0909. The number of piperazine rings is 1. The molecule has 0 atom stereocenters. The first-order chi connectivity index (χ1) is 10.5. The molecule has 1 fully saturated rings. The molecule has 1 aromatic carbocycles. The summed E-state index contributed by atoms with van der Waals surface area (Å²) in [4.78, 5) is 26.4. The summed E-state index contributed by atoms with van der Waals surface area (Å²) in [6, 6.07) is 5.10. The predicted molar refractivity (Wildman–Crippen MR) is 84.5 cm³/mol. The SMILES string of the molecule is COc1ccc(Cl)cc1NC(=O)C[NH+]1CCN(C(C)=O)CC1. The van der Waals surface area contributed by atoms with Crippen LogP contribution < -0.4 is 15.0 Å². The summed E-state index contributed by atoms with van der Waals surface area (Å²) >= 11 is 5.95. The Bertz CT molecular complexity index is 557. The second-order valence-corrected chi connectivity index (χ2v) is 5.76. The van der Waals surface area contributed by atoms with E-state index in [1.54, 1.807) is 37.1 Å². The van der Waals surface area contributed by atoms with Gasteiger partial charge in [-0.3, -0.25) is 9.59 Å². The molecule has 120 valence electrons. The van der Waals surface area contributed by atoms with E-state index < -0.39 is 0 Å². The van der Waals surface area contributed by atoms with Gasteiger partial charge in [-0.25, -0.2) is 0 Å². The number of carbonyl (C=O) groups is 2. The van der Waals surface area contributed by atoms with Crippen molar-refractivity contribution in [2.75, 3.05) is 45.2 Å². The van der Waals surface area contributed by atoms with Crippen LogP contribution in [0.5, 0.6) is 5.75 Å². The predicted octanol–water partition coefficient (Wildman–Crippen LogP) is 0.0341. The standard InChI is InChI=1S/C15H20ClN3O3/c1-11(20)19-7-5-18(6-8-19)10-15(21)17-13-9-12(16)3-4-14(13)22-2/h3-4,9H,5-8,10H2,1-2H3,(H,17,21)/p+1. The minimum Gasteiger partial charge on any atom is -0.495 e. The molecule has 22 heavy (non-hydrogen) atoms. The molecule has 6 nitrogen and oxygen atoms in total. The molecule has 0 bridgehead atoms. The molecule has 7 heteroatoms. The van der Waals surface area contributed by atoms with E-state index in [1.165, 1.54) is 0 Å². The molecule has 2 rings (SSSR count). The fourth-order valence-electron chi connectivity index (χ4n) is 2.51. The van der Waals surface area contributed by atoms with Crippen LogP contribution >= 0.6 is 11.6 Å². The monoisotopic (exact) mass is 326 g/mol. The van der Waals surface area contributed by atoms with Crippen molar-refractivity contribution in [3.05, 3.63) is 23.2 Å². The Kier molecular flexibility index (Phi) is 5.63. The van der Waals surface area contributed by atoms with Crippen LogP contribution in [0.3, 0.4) is 0 Å². The molecule has 0 radical (unpaired) electrons. The lowest BCUT2D eigenvalue weighted by Crippen LogP contribution is -3.15. The number of quaternary nitrogens is 1. The van der Waals surface area contributed by atoms with Gasteiger partial charge in [0.25, 0.3) is 5.91 Å². The molecule has 1 saturated heterocycles. The van der Waals surface area contributed by atoms with Crippen molar-refractivity contribution < 1.29 is 19.2 Å². The van der Waals surface area contributed by atoms with E-state index in [4.69, 9.17) is 16.3 Å². The summed E-state index contributed by atoms with van der Waals surface area (Å²) in [5, 5.41) is 3.37. The van der Waals surface area contributed by atoms with E-state index in [9.17, 15) is 9.59 Å². The molecule has 0 aliphatic carbocycles. The fraction of sp³-hybridized carbons (Fsp3) is 0.467. The van der Waals surface area contributed by atoms with Gasteiger partial charge >= 0.3 is 0 Å². The number of methoxy groups -OCH3 is 1. The number of amides is 2. The molecule has 1 aromatic rings. The first-order valence-electron chi connectivity index (χ1n) is 7.22. The smallest absolute Gasteiger partial charge is 0.279 e. The minimum absolute atomic E-state index is 0.0900. The lowest BCUT2D eigenvalue weighted by Gasteiger charge is -2.31. The van der Waals surface area contributed by atoms with Crippen molar-refractivity contribution >= 4 is 29.1 Å². The van der Waals surface area contributed by atoms with Gasteiger partial charge in [0.1, 0.15) is 5.75 Å². The topological polar surface area (TPSA) is 63.1 Å². The zero-order chi connectivity index (χ0) is 16.1. The largest absolute Gasteiger partial charge is 0.495 e. The molecule has 1 aliphatic rings. The number of carbonyl (C=O) groups excluding carboxylic acids is 2. The fourth-order valence-corrected chi connectivity index (χ4v) is 2.69. The second kappa shape index (κ2) is 7.47. The number of anilines is 1. The van der Waals surface area contributed by atoms with Crippen molar-refractivity contribution in [1.29, 1.82) is 0 Å². The van der Waals surface area contributed by atoms with Gasteiger partial charge < -0.3 is 19.9 Å². The summed E-state index contributed by atoms with van der Waals surface area (Å²) < 4.78 is 5.21. The number of nitrogens with one attached hydrogen (secondary N) is 2. The second-order valence-electron chi connectivity index (χ2n) is 5.33. The maximum absolute atomic E-state index is 12.2. The number of halogens is 1. The van der Waals surface area contributed by atoms with Gasteiger partial charge in [0.2, 0.25) is 5.91 Å². The maximum Gasteiger partial charge on any atom is 0.279 e. The Labute approximate surface area is 135 Å². The summed E-state index contributed by atoms with van der Waals surface area (Å²) in [7, 11) is 1.55. The van der Waals surface area contributed by atoms with Gasteiger partial charge in [-0.2, -0.15) is 0 Å². The van der Waals surface area contributed by atoms with Crippen LogP contribution in [0.4, 0.5) is 5.69 Å². The summed E-state index contributed by atoms with van der Waals surface area (Å²) in [6.07, 6.45) is 0. The Morgan fingerprint density at radius 1 is 1.36 bits per heavy atom. The highest BCUT2D eigenvalue weighted by Gasteiger charge is 2.23. The van der Waals surface area contributed by atoms with E-state index in [2.05, 4.69) is 5.32 Å². The van der Waals surface area contributed by atoms with Crippen molar-refractivity contribution in [2.45, 2.75) is 6.92 Å². The first kappa shape index (κ1) is 16.6. The number of rotatable bonds is 4. The lowest BCUT2D eigenvalue weighted by molar-refractivity contribution is -0.895. The average Bonchev–Trinajstić information content (AvgIpc) is 2.48. The molecule has 0 unspecified atom stereocenters. The molecule has 1 heterocycles. The van der Waals surface area contributed by atoms with Crippen LogP contribution in [0, 0.1) is 0 Å². The van der Waals surface area contributed by atoms with Gasteiger partial charge in [0, 0.05) is 11.9 Å². The highest BCUT2D eigenvalue weighted by Crippen LogP contribution is 2.27. The van der Waals surface area contributed by atoms with E-state index in [0.29, 0.717) is 36.1 Å². The highest BCUT2D eigenvalue weighted by molar-refractivity contribution is 6.31. The molecular formula is C15H21ClN3O3+. The average molecular weight is 327 g/mol. The van der Waals surface area contributed by atoms with Crippen molar-refractivity contribution in [3.8, 4) is 5.75 Å². The summed E-state index contributed by atoms with van der Waals surface area (Å²) in [5.74, 6) is 0.577. The van der Waals surface area contributed by atoms with Crippen LogP contribution in [0.2, 0.25) is 5.02 Å². The van der Waals surface area contributed by atoms with E-state index in [0.717, 1.165) is 18.0 Å². The Morgan fingerprint density at radius 2 is 2.05 bits per heavy atom. The molecule has 2 amide bonds. The number of nitrogens with zero attached hydrogens (tertiary/aromatic N) is 1. The van der Waals surface area contributed by atoms with E-state index >= 15 is 0 Å². The lowest BCUT2D eigenvalue weighted by atomic mass is 10.2. The normalized spacial score (nSPS) is 15.5. The van der Waals surface area contributed by atoms with Gasteiger partial charge in [-0.1, -0.05) is 11.6 Å². The van der Waals surface area contributed by atoms with Crippen LogP contribution in [-0.2, 0) is 9.59 Å². The van der Waals surface area contributed by atoms with Crippen LogP contribution in [-0.4, -0.2) is 56.5 Å². The number of ether oxygens (including phenoxy) is 1. The number of hydrogen-bond acceptors (Lipinski definition) is 3. The third kappa shape index (κ3) is 4.35. The summed E-state index contributed by atoms with van der Waals surface area (Å²) in [5.41, 5.74) is 0.571. The Hall–Kier alpha value is -1.79. The van der Waals surface area contributed by atoms with Crippen LogP contribution in [0.25, 0.3) is 0 Å². The van der Waals surface area contributed by atoms with Gasteiger partial charge in [-0.05, 0) is 18.2 Å². The Balaban J connectivity index is 1.89. The van der Waals surface area contributed by atoms with Gasteiger partial charge in [0.05, 0.1) is 39.0 Å². The van der Waals surface area contributed by atoms with Crippen LogP contribution in [0.15, 0.2) is 18.2 Å². The van der Waals surface area contributed by atoms with Gasteiger partial charge in [-0.15, -0.1) is 0 Å². The molecule has 0 aromatic heterocycles. The zero-order valence-corrected chi connectivity index (χ0v) is 13.6. The third-order valence-electron chi connectivity index (χ3n) is 3.76. The summed E-state index contributed by atoms with van der Waals surface area (Å²) in [6.45, 7) is 4.88. The molecule has 0 saturated carbocycles. The van der Waals surface area contributed by atoms with E-state index in [-0.39, 0.29) is 11.8 Å². The highest BCUT2D eigenvalue weighted by atomic mass is 35.5. The van der Waals surface area contributed by atoms with Crippen molar-refractivity contribution in [3.63, 3.8) is 0 Å². The Morgan fingerprint density at radius 3 is 2.64 bits per heavy atom. The molecule has 1 aliphatic heterocycles.